The molecule has 0 aliphatic heterocycles. The van der Waals surface area contributed by atoms with Crippen LogP contribution in [0.5, 0.6) is 0 Å². The molecule has 2 heteroatoms. The molecule has 1 aliphatic carbocycles. The van der Waals surface area contributed by atoms with E-state index in [-0.39, 0.29) is 0 Å². The van der Waals surface area contributed by atoms with Crippen LogP contribution in [-0.4, -0.2) is 6.04 Å². The molecule has 3 N–H and O–H groups in total. The molecule has 2 nitrogen and oxygen atoms in total. The van der Waals surface area contributed by atoms with Gasteiger partial charge in [0, 0.05) is 6.04 Å². The van der Waals surface area contributed by atoms with Crippen LogP contribution in [-0.2, 0) is 0 Å². The van der Waals surface area contributed by atoms with Crippen molar-refractivity contribution in [2.24, 2.45) is 11.8 Å². The predicted molar refractivity (Wildman–Crippen MR) is 34.1 cm³/mol. The number of rotatable bonds is 1. The van der Waals surface area contributed by atoms with Gasteiger partial charge >= 0.3 is 0 Å². The van der Waals surface area contributed by atoms with Crippen LogP contribution in [0, 0.1) is 5.92 Å². The maximum atomic E-state index is 5.27. The second-order valence-corrected chi connectivity index (χ2v) is 2.68. The zero-order valence-electron chi connectivity index (χ0n) is 5.35. The van der Waals surface area contributed by atoms with Gasteiger partial charge in [0.2, 0.25) is 0 Å². The first-order valence-electron chi connectivity index (χ1n) is 3.30. The zero-order chi connectivity index (χ0) is 5.98. The molecule has 48 valence electrons. The van der Waals surface area contributed by atoms with E-state index in [1.165, 1.54) is 19.3 Å². The second-order valence-electron chi connectivity index (χ2n) is 2.68. The lowest BCUT2D eigenvalue weighted by Gasteiger charge is -2.11. The Kier molecular flexibility index (Phi) is 1.86. The van der Waals surface area contributed by atoms with E-state index in [1.54, 1.807) is 0 Å². The van der Waals surface area contributed by atoms with Crippen LogP contribution < -0.4 is 11.3 Å². The second kappa shape index (κ2) is 2.46. The van der Waals surface area contributed by atoms with Crippen molar-refractivity contribution >= 4 is 0 Å². The Labute approximate surface area is 50.4 Å². The van der Waals surface area contributed by atoms with Gasteiger partial charge in [-0.15, -0.1) is 0 Å². The summed E-state index contributed by atoms with van der Waals surface area (Å²) in [5.74, 6) is 6.07. The zero-order valence-corrected chi connectivity index (χ0v) is 5.35. The molecular weight excluding hydrogens is 100 g/mol. The maximum absolute atomic E-state index is 5.27. The number of nitrogens with two attached hydrogens (primary N) is 1. The molecule has 0 aromatic heterocycles. The van der Waals surface area contributed by atoms with Gasteiger partial charge in [0.05, 0.1) is 0 Å². The molecule has 0 bridgehead atoms. The van der Waals surface area contributed by atoms with Crippen molar-refractivity contribution < 1.29 is 0 Å². The van der Waals surface area contributed by atoms with Crippen molar-refractivity contribution in [1.29, 1.82) is 0 Å². The van der Waals surface area contributed by atoms with Crippen molar-refractivity contribution in [3.63, 3.8) is 0 Å². The highest BCUT2D eigenvalue weighted by atomic mass is 15.2. The van der Waals surface area contributed by atoms with E-state index in [1.807, 2.05) is 0 Å². The minimum absolute atomic E-state index is 0.593. The number of hydrogen-bond acceptors (Lipinski definition) is 2. The molecular formula is C6H14N2. The first-order valence-corrected chi connectivity index (χ1v) is 3.30. The largest absolute Gasteiger partial charge is 0.271 e. The fourth-order valence-electron chi connectivity index (χ4n) is 1.39. The molecule has 0 aromatic rings. The molecule has 0 radical (unpaired) electrons. The lowest BCUT2D eigenvalue weighted by molar-refractivity contribution is 0.437. The van der Waals surface area contributed by atoms with E-state index < -0.39 is 0 Å². The third-order valence-electron chi connectivity index (χ3n) is 2.08. The van der Waals surface area contributed by atoms with Crippen molar-refractivity contribution in [1.82, 2.24) is 5.43 Å². The summed E-state index contributed by atoms with van der Waals surface area (Å²) in [6.45, 7) is 2.25. The molecule has 0 heterocycles. The molecule has 1 aliphatic rings. The molecule has 2 atom stereocenters. The van der Waals surface area contributed by atoms with E-state index in [0.717, 1.165) is 5.92 Å². The monoisotopic (exact) mass is 114 g/mol. The van der Waals surface area contributed by atoms with Crippen LogP contribution in [0.3, 0.4) is 0 Å². The van der Waals surface area contributed by atoms with Gasteiger partial charge in [-0.1, -0.05) is 13.3 Å². The van der Waals surface area contributed by atoms with Gasteiger partial charge < -0.3 is 0 Å². The van der Waals surface area contributed by atoms with Crippen LogP contribution in [0.4, 0.5) is 0 Å². The van der Waals surface area contributed by atoms with Gasteiger partial charge in [-0.3, -0.25) is 11.3 Å². The Morgan fingerprint density at radius 3 is 2.50 bits per heavy atom. The van der Waals surface area contributed by atoms with Gasteiger partial charge in [0.15, 0.2) is 0 Å². The quantitative estimate of drug-likeness (QED) is 0.388. The van der Waals surface area contributed by atoms with E-state index >= 15 is 0 Å². The van der Waals surface area contributed by atoms with Gasteiger partial charge in [0.25, 0.3) is 0 Å². The Balaban J connectivity index is 2.30. The summed E-state index contributed by atoms with van der Waals surface area (Å²) in [6.07, 6.45) is 3.95. The molecule has 2 unspecified atom stereocenters. The average Bonchev–Trinajstić information content (AvgIpc) is 2.14. The van der Waals surface area contributed by atoms with E-state index in [0.29, 0.717) is 6.04 Å². The van der Waals surface area contributed by atoms with E-state index in [9.17, 15) is 0 Å². The van der Waals surface area contributed by atoms with Gasteiger partial charge in [0.1, 0.15) is 0 Å². The number of nitrogens with one attached hydrogen (secondary N) is 1. The highest BCUT2D eigenvalue weighted by Gasteiger charge is 2.20. The summed E-state index contributed by atoms with van der Waals surface area (Å²) in [5.41, 5.74) is 2.81. The van der Waals surface area contributed by atoms with Gasteiger partial charge in [-0.05, 0) is 18.8 Å². The Morgan fingerprint density at radius 1 is 1.50 bits per heavy atom. The van der Waals surface area contributed by atoms with Crippen LogP contribution in [0.1, 0.15) is 26.2 Å². The lowest BCUT2D eigenvalue weighted by atomic mass is 10.1. The minimum atomic E-state index is 0.593. The van der Waals surface area contributed by atoms with Crippen molar-refractivity contribution in [3.8, 4) is 0 Å². The highest BCUT2D eigenvalue weighted by Crippen LogP contribution is 2.23. The normalized spacial score (nSPS) is 38.2. The van der Waals surface area contributed by atoms with Crippen molar-refractivity contribution in [2.45, 2.75) is 32.2 Å². The average molecular weight is 114 g/mol. The third-order valence-corrected chi connectivity index (χ3v) is 2.08. The molecule has 0 spiro atoms. The lowest BCUT2D eigenvalue weighted by Crippen LogP contribution is -2.36. The Bertz CT molecular complexity index is 72.9. The van der Waals surface area contributed by atoms with Crippen molar-refractivity contribution in [3.05, 3.63) is 0 Å². The topological polar surface area (TPSA) is 38.0 Å². The smallest absolute Gasteiger partial charge is 0.0236 e. The first-order chi connectivity index (χ1) is 3.84. The minimum Gasteiger partial charge on any atom is -0.271 e. The SMILES string of the molecule is CC1CCCC1NN. The standard InChI is InChI=1S/C6H14N2/c1-5-3-2-4-6(5)8-7/h5-6,8H,2-4,7H2,1H3. The summed E-state index contributed by atoms with van der Waals surface area (Å²) < 4.78 is 0. The maximum Gasteiger partial charge on any atom is 0.0236 e. The molecule has 8 heavy (non-hydrogen) atoms. The number of hydrogen-bond donors (Lipinski definition) is 2. The van der Waals surface area contributed by atoms with Crippen molar-refractivity contribution in [2.75, 3.05) is 0 Å². The first kappa shape index (κ1) is 6.05. The Morgan fingerprint density at radius 2 is 2.25 bits per heavy atom. The predicted octanol–water partition coefficient (Wildman–Crippen LogP) is 0.638. The summed E-state index contributed by atoms with van der Waals surface area (Å²) in [5, 5.41) is 0. The van der Waals surface area contributed by atoms with E-state index in [4.69, 9.17) is 5.84 Å². The van der Waals surface area contributed by atoms with Crippen LogP contribution >= 0.6 is 0 Å². The summed E-state index contributed by atoms with van der Waals surface area (Å²) >= 11 is 0. The fourth-order valence-corrected chi connectivity index (χ4v) is 1.39. The van der Waals surface area contributed by atoms with E-state index in [2.05, 4.69) is 12.3 Å². The molecule has 1 saturated carbocycles. The fraction of sp³-hybridized carbons (Fsp3) is 1.00. The molecule has 0 aromatic carbocycles. The molecule has 0 amide bonds. The summed E-state index contributed by atoms with van der Waals surface area (Å²) in [4.78, 5) is 0. The van der Waals surface area contributed by atoms with Crippen LogP contribution in [0.2, 0.25) is 0 Å². The van der Waals surface area contributed by atoms with Crippen LogP contribution in [0.15, 0.2) is 0 Å². The summed E-state index contributed by atoms with van der Waals surface area (Å²) in [7, 11) is 0. The third kappa shape index (κ3) is 1.01. The molecule has 1 fully saturated rings. The van der Waals surface area contributed by atoms with Crippen LogP contribution in [0.25, 0.3) is 0 Å². The molecule has 1 rings (SSSR count). The molecule has 0 saturated heterocycles. The highest BCUT2D eigenvalue weighted by molar-refractivity contribution is 4.77. The Hall–Kier alpha value is -0.0800. The summed E-state index contributed by atoms with van der Waals surface area (Å²) in [6, 6.07) is 0.593. The van der Waals surface area contributed by atoms with Gasteiger partial charge in [-0.2, -0.15) is 0 Å². The van der Waals surface area contributed by atoms with Gasteiger partial charge in [-0.25, -0.2) is 0 Å². The number of hydrazine groups is 1.